The normalized spacial score (nSPS) is 13.9. The summed E-state index contributed by atoms with van der Waals surface area (Å²) in [7, 11) is 0. The predicted octanol–water partition coefficient (Wildman–Crippen LogP) is 5.23. The standard InChI is InChI=1S/C17H12Cl2F3NO4/c1-9-2-3-10(4-14(9)23(26)27)15(24)8-16(25,17(20,21)22)11-5-12(18)7-13(19)6-11/h2-7,25H,8H2,1H3. The van der Waals surface area contributed by atoms with Crippen LogP contribution in [0.25, 0.3) is 0 Å². The molecule has 0 heterocycles. The van der Waals surface area contributed by atoms with Crippen molar-refractivity contribution in [2.24, 2.45) is 0 Å². The molecule has 0 fully saturated rings. The minimum atomic E-state index is -5.23. The number of benzene rings is 2. The number of nitro benzene ring substituents is 1. The molecule has 2 aromatic carbocycles. The van der Waals surface area contributed by atoms with Crippen molar-refractivity contribution in [2.75, 3.05) is 0 Å². The highest BCUT2D eigenvalue weighted by Crippen LogP contribution is 2.44. The first kappa shape index (κ1) is 21.1. The largest absolute Gasteiger partial charge is 0.421 e. The Bertz CT molecular complexity index is 897. The second-order valence-corrected chi connectivity index (χ2v) is 6.75. The summed E-state index contributed by atoms with van der Waals surface area (Å²) in [5.41, 5.74) is -4.78. The number of alkyl halides is 3. The molecule has 1 atom stereocenters. The first-order valence-electron chi connectivity index (χ1n) is 7.39. The highest BCUT2D eigenvalue weighted by atomic mass is 35.5. The Kier molecular flexibility index (Phi) is 5.84. The number of aliphatic hydroxyl groups is 1. The van der Waals surface area contributed by atoms with E-state index in [1.54, 1.807) is 0 Å². The minimum absolute atomic E-state index is 0.154. The van der Waals surface area contributed by atoms with Crippen LogP contribution in [0.1, 0.15) is 27.9 Å². The molecule has 0 radical (unpaired) electrons. The van der Waals surface area contributed by atoms with Gasteiger partial charge in [-0.2, -0.15) is 13.2 Å². The molecule has 0 aliphatic heterocycles. The van der Waals surface area contributed by atoms with Crippen molar-refractivity contribution in [3.8, 4) is 0 Å². The highest BCUT2D eigenvalue weighted by molar-refractivity contribution is 6.34. The van der Waals surface area contributed by atoms with Gasteiger partial charge >= 0.3 is 6.18 Å². The van der Waals surface area contributed by atoms with Crippen molar-refractivity contribution in [3.05, 3.63) is 73.2 Å². The lowest BCUT2D eigenvalue weighted by Gasteiger charge is -2.30. The van der Waals surface area contributed by atoms with E-state index in [0.717, 1.165) is 24.3 Å². The molecule has 0 saturated heterocycles. The molecule has 27 heavy (non-hydrogen) atoms. The van der Waals surface area contributed by atoms with Crippen molar-refractivity contribution in [3.63, 3.8) is 0 Å². The van der Waals surface area contributed by atoms with Gasteiger partial charge in [0.1, 0.15) is 0 Å². The molecule has 0 aromatic heterocycles. The van der Waals surface area contributed by atoms with Gasteiger partial charge in [0, 0.05) is 27.2 Å². The van der Waals surface area contributed by atoms with Crippen molar-refractivity contribution < 1.29 is 28.0 Å². The second-order valence-electron chi connectivity index (χ2n) is 5.87. The summed E-state index contributed by atoms with van der Waals surface area (Å²) in [6.07, 6.45) is -6.62. The summed E-state index contributed by atoms with van der Waals surface area (Å²) in [6, 6.07) is 6.16. The monoisotopic (exact) mass is 421 g/mol. The fourth-order valence-corrected chi connectivity index (χ4v) is 3.00. The number of hydrogen-bond donors (Lipinski definition) is 1. The van der Waals surface area contributed by atoms with Gasteiger partial charge in [-0.05, 0) is 30.7 Å². The van der Waals surface area contributed by atoms with E-state index < -0.39 is 40.2 Å². The fraction of sp³-hybridized carbons (Fsp3) is 0.235. The van der Waals surface area contributed by atoms with Crippen molar-refractivity contribution in [2.45, 2.75) is 25.1 Å². The number of carbonyl (C=O) groups excluding carboxylic acids is 1. The van der Waals surface area contributed by atoms with Crippen LogP contribution in [0.3, 0.4) is 0 Å². The molecular weight excluding hydrogens is 410 g/mol. The smallest absolute Gasteiger partial charge is 0.376 e. The van der Waals surface area contributed by atoms with Gasteiger partial charge in [0.15, 0.2) is 11.4 Å². The van der Waals surface area contributed by atoms with E-state index in [0.29, 0.717) is 0 Å². The van der Waals surface area contributed by atoms with Gasteiger partial charge in [-0.1, -0.05) is 35.3 Å². The lowest BCUT2D eigenvalue weighted by Crippen LogP contribution is -2.44. The Morgan fingerprint density at radius 3 is 2.19 bits per heavy atom. The zero-order valence-corrected chi connectivity index (χ0v) is 15.2. The summed E-state index contributed by atoms with van der Waals surface area (Å²) in [4.78, 5) is 22.6. The summed E-state index contributed by atoms with van der Waals surface area (Å²) in [6.45, 7) is 1.42. The van der Waals surface area contributed by atoms with Crippen LogP contribution in [0.15, 0.2) is 36.4 Å². The molecule has 1 N–H and O–H groups in total. The molecule has 0 aliphatic rings. The summed E-state index contributed by atoms with van der Waals surface area (Å²) in [5, 5.41) is 21.0. The molecule has 0 saturated carbocycles. The molecule has 0 bridgehead atoms. The molecular formula is C17H12Cl2F3NO4. The van der Waals surface area contributed by atoms with E-state index >= 15 is 0 Å². The Hall–Kier alpha value is -2.16. The third-order valence-corrected chi connectivity index (χ3v) is 4.39. The molecule has 0 aliphatic carbocycles. The van der Waals surface area contributed by atoms with Crippen LogP contribution in [0.4, 0.5) is 18.9 Å². The van der Waals surface area contributed by atoms with Crippen LogP contribution >= 0.6 is 23.2 Å². The van der Waals surface area contributed by atoms with E-state index in [-0.39, 0.29) is 21.2 Å². The molecule has 2 aromatic rings. The molecule has 5 nitrogen and oxygen atoms in total. The van der Waals surface area contributed by atoms with E-state index in [1.807, 2.05) is 0 Å². The molecule has 0 amide bonds. The van der Waals surface area contributed by atoms with Gasteiger partial charge in [-0.15, -0.1) is 0 Å². The number of nitrogens with zero attached hydrogens (tertiary/aromatic N) is 1. The Morgan fingerprint density at radius 2 is 1.70 bits per heavy atom. The Balaban J connectivity index is 2.50. The van der Waals surface area contributed by atoms with Crippen LogP contribution in [-0.2, 0) is 5.60 Å². The zero-order valence-electron chi connectivity index (χ0n) is 13.7. The Labute approximate surface area is 161 Å². The number of rotatable bonds is 5. The second kappa shape index (κ2) is 7.46. The Morgan fingerprint density at radius 1 is 1.15 bits per heavy atom. The maximum atomic E-state index is 13.6. The van der Waals surface area contributed by atoms with Crippen molar-refractivity contribution in [1.29, 1.82) is 0 Å². The van der Waals surface area contributed by atoms with Crippen LogP contribution in [0.5, 0.6) is 0 Å². The third kappa shape index (κ3) is 4.40. The van der Waals surface area contributed by atoms with E-state index in [2.05, 4.69) is 0 Å². The summed E-state index contributed by atoms with van der Waals surface area (Å²) < 4.78 is 40.8. The predicted molar refractivity (Wildman–Crippen MR) is 93.2 cm³/mol. The van der Waals surface area contributed by atoms with E-state index in [9.17, 15) is 33.2 Å². The maximum Gasteiger partial charge on any atom is 0.421 e. The van der Waals surface area contributed by atoms with Gasteiger partial charge in [0.25, 0.3) is 5.69 Å². The van der Waals surface area contributed by atoms with Gasteiger partial charge < -0.3 is 5.11 Å². The number of Topliss-reactive ketones (excluding diaryl/α,β-unsaturated/α-hetero) is 1. The SMILES string of the molecule is Cc1ccc(C(=O)CC(O)(c2cc(Cl)cc(Cl)c2)C(F)(F)F)cc1[N+](=O)[O-]. The fourth-order valence-electron chi connectivity index (χ4n) is 2.47. The van der Waals surface area contributed by atoms with Gasteiger partial charge in [-0.3, -0.25) is 14.9 Å². The molecule has 2 rings (SSSR count). The number of hydrogen-bond acceptors (Lipinski definition) is 4. The highest BCUT2D eigenvalue weighted by Gasteiger charge is 2.56. The zero-order chi connectivity index (χ0) is 20.6. The first-order valence-corrected chi connectivity index (χ1v) is 8.14. The quantitative estimate of drug-likeness (QED) is 0.407. The van der Waals surface area contributed by atoms with Crippen LogP contribution in [0.2, 0.25) is 10.0 Å². The molecule has 0 spiro atoms. The average molecular weight is 422 g/mol. The van der Waals surface area contributed by atoms with Crippen molar-refractivity contribution >= 4 is 34.7 Å². The van der Waals surface area contributed by atoms with Gasteiger partial charge in [0.2, 0.25) is 0 Å². The number of ketones is 1. The minimum Gasteiger partial charge on any atom is -0.376 e. The number of aryl methyl sites for hydroxylation is 1. The first-order chi connectivity index (χ1) is 12.3. The van der Waals surface area contributed by atoms with Gasteiger partial charge in [-0.25, -0.2) is 0 Å². The molecule has 10 heteroatoms. The van der Waals surface area contributed by atoms with Gasteiger partial charge in [0.05, 0.1) is 11.3 Å². The summed E-state index contributed by atoms with van der Waals surface area (Å²) >= 11 is 11.4. The lowest BCUT2D eigenvalue weighted by atomic mass is 9.86. The molecule has 144 valence electrons. The number of halogens is 5. The van der Waals surface area contributed by atoms with Crippen LogP contribution in [0, 0.1) is 17.0 Å². The average Bonchev–Trinajstić information content (AvgIpc) is 2.52. The topological polar surface area (TPSA) is 80.4 Å². The third-order valence-electron chi connectivity index (χ3n) is 3.95. The maximum absolute atomic E-state index is 13.6. The molecule has 1 unspecified atom stereocenters. The van der Waals surface area contributed by atoms with E-state index in [1.165, 1.54) is 19.1 Å². The van der Waals surface area contributed by atoms with Crippen LogP contribution in [-0.4, -0.2) is 22.0 Å². The summed E-state index contributed by atoms with van der Waals surface area (Å²) in [5.74, 6) is -1.13. The van der Waals surface area contributed by atoms with E-state index in [4.69, 9.17) is 23.2 Å². The number of nitro groups is 1. The lowest BCUT2D eigenvalue weighted by molar-refractivity contribution is -0.385. The van der Waals surface area contributed by atoms with Crippen molar-refractivity contribution in [1.82, 2.24) is 0 Å². The number of carbonyl (C=O) groups is 1. The van der Waals surface area contributed by atoms with Crippen LogP contribution < -0.4 is 0 Å².